The van der Waals surface area contributed by atoms with Crippen molar-refractivity contribution in [1.82, 2.24) is 0 Å². The maximum Gasteiger partial charge on any atom is 0.305 e. The minimum absolute atomic E-state index is 0.129. The molecule has 23 heavy (non-hydrogen) atoms. The standard InChI is InChI=1S/C20H40O3/c1-3-4-5-6-7-8-9-10-11-13-16-19(21)17-14-12-15-18-20(22)23-2/h19,21H,3-18H2,1-2H3. The van der Waals surface area contributed by atoms with Crippen LogP contribution in [-0.4, -0.2) is 24.3 Å². The van der Waals surface area contributed by atoms with Crippen molar-refractivity contribution in [3.05, 3.63) is 0 Å². The summed E-state index contributed by atoms with van der Waals surface area (Å²) >= 11 is 0. The van der Waals surface area contributed by atoms with Crippen molar-refractivity contribution in [1.29, 1.82) is 0 Å². The second-order valence-electron chi connectivity index (χ2n) is 6.80. The van der Waals surface area contributed by atoms with E-state index in [-0.39, 0.29) is 12.1 Å². The number of ether oxygens (including phenoxy) is 1. The Morgan fingerprint density at radius 1 is 0.783 bits per heavy atom. The molecule has 0 radical (unpaired) electrons. The quantitative estimate of drug-likeness (QED) is 0.272. The Balaban J connectivity index is 3.18. The summed E-state index contributed by atoms with van der Waals surface area (Å²) < 4.78 is 4.61. The van der Waals surface area contributed by atoms with Crippen LogP contribution in [0.5, 0.6) is 0 Å². The van der Waals surface area contributed by atoms with E-state index in [2.05, 4.69) is 11.7 Å². The lowest BCUT2D eigenvalue weighted by Crippen LogP contribution is -2.06. The summed E-state index contributed by atoms with van der Waals surface area (Å²) in [5.74, 6) is -0.129. The smallest absolute Gasteiger partial charge is 0.305 e. The van der Waals surface area contributed by atoms with E-state index in [0.717, 1.165) is 38.5 Å². The van der Waals surface area contributed by atoms with Gasteiger partial charge in [-0.3, -0.25) is 4.79 Å². The third-order valence-electron chi connectivity index (χ3n) is 4.54. The number of esters is 1. The van der Waals surface area contributed by atoms with Gasteiger partial charge in [-0.05, 0) is 19.3 Å². The van der Waals surface area contributed by atoms with Crippen molar-refractivity contribution in [2.75, 3.05) is 7.11 Å². The van der Waals surface area contributed by atoms with Gasteiger partial charge in [-0.15, -0.1) is 0 Å². The molecule has 0 rings (SSSR count). The first-order valence-electron chi connectivity index (χ1n) is 9.95. The number of aliphatic hydroxyl groups excluding tert-OH is 1. The maximum atomic E-state index is 11.0. The van der Waals surface area contributed by atoms with Crippen LogP contribution in [0.15, 0.2) is 0 Å². The predicted molar refractivity (Wildman–Crippen MR) is 97.6 cm³/mol. The van der Waals surface area contributed by atoms with E-state index in [1.165, 1.54) is 64.9 Å². The van der Waals surface area contributed by atoms with Gasteiger partial charge in [0.1, 0.15) is 0 Å². The molecule has 3 heteroatoms. The van der Waals surface area contributed by atoms with E-state index in [1.54, 1.807) is 0 Å². The van der Waals surface area contributed by atoms with Crippen molar-refractivity contribution in [3.63, 3.8) is 0 Å². The predicted octanol–water partition coefficient (Wildman–Crippen LogP) is 5.78. The Morgan fingerprint density at radius 2 is 1.22 bits per heavy atom. The Labute approximate surface area is 144 Å². The summed E-state index contributed by atoms with van der Waals surface area (Å²) in [6, 6.07) is 0. The topological polar surface area (TPSA) is 46.5 Å². The van der Waals surface area contributed by atoms with Crippen molar-refractivity contribution < 1.29 is 14.6 Å². The number of carbonyl (C=O) groups is 1. The highest BCUT2D eigenvalue weighted by atomic mass is 16.5. The van der Waals surface area contributed by atoms with Crippen molar-refractivity contribution in [2.45, 2.75) is 116 Å². The Kier molecular flexibility index (Phi) is 17.3. The summed E-state index contributed by atoms with van der Waals surface area (Å²) in [6.07, 6.45) is 18.4. The lowest BCUT2D eigenvalue weighted by atomic mass is 10.0. The summed E-state index contributed by atoms with van der Waals surface area (Å²) in [5.41, 5.74) is 0. The lowest BCUT2D eigenvalue weighted by molar-refractivity contribution is -0.140. The molecular formula is C20H40O3. The minimum atomic E-state index is -0.151. The lowest BCUT2D eigenvalue weighted by Gasteiger charge is -2.10. The van der Waals surface area contributed by atoms with Gasteiger partial charge in [0.15, 0.2) is 0 Å². The van der Waals surface area contributed by atoms with Crippen molar-refractivity contribution in [2.24, 2.45) is 0 Å². The van der Waals surface area contributed by atoms with Gasteiger partial charge in [-0.1, -0.05) is 84.0 Å². The van der Waals surface area contributed by atoms with Crippen LogP contribution in [-0.2, 0) is 9.53 Å². The molecule has 0 heterocycles. The first kappa shape index (κ1) is 22.4. The largest absolute Gasteiger partial charge is 0.469 e. The number of methoxy groups -OCH3 is 1. The van der Waals surface area contributed by atoms with Gasteiger partial charge in [0.2, 0.25) is 0 Å². The zero-order chi connectivity index (χ0) is 17.2. The number of hydrogen-bond acceptors (Lipinski definition) is 3. The molecule has 0 aromatic heterocycles. The average Bonchev–Trinajstić information content (AvgIpc) is 2.56. The molecule has 1 unspecified atom stereocenters. The van der Waals surface area contributed by atoms with Crippen LogP contribution >= 0.6 is 0 Å². The van der Waals surface area contributed by atoms with Crippen LogP contribution in [0, 0.1) is 0 Å². The molecule has 0 bridgehead atoms. The molecule has 0 saturated heterocycles. The summed E-state index contributed by atoms with van der Waals surface area (Å²) in [6.45, 7) is 2.26. The van der Waals surface area contributed by atoms with E-state index in [9.17, 15) is 9.90 Å². The molecular weight excluding hydrogens is 288 g/mol. The molecule has 0 aromatic carbocycles. The Hall–Kier alpha value is -0.570. The molecule has 0 aliphatic rings. The number of rotatable bonds is 17. The van der Waals surface area contributed by atoms with Crippen LogP contribution in [0.2, 0.25) is 0 Å². The normalized spacial score (nSPS) is 12.3. The molecule has 0 saturated carbocycles. The average molecular weight is 329 g/mol. The van der Waals surface area contributed by atoms with E-state index < -0.39 is 0 Å². The fraction of sp³-hybridized carbons (Fsp3) is 0.950. The number of aliphatic hydroxyl groups is 1. The van der Waals surface area contributed by atoms with Crippen LogP contribution in [0.3, 0.4) is 0 Å². The molecule has 3 nitrogen and oxygen atoms in total. The van der Waals surface area contributed by atoms with Gasteiger partial charge in [-0.25, -0.2) is 0 Å². The van der Waals surface area contributed by atoms with Crippen LogP contribution in [0.4, 0.5) is 0 Å². The van der Waals surface area contributed by atoms with Gasteiger partial charge in [-0.2, -0.15) is 0 Å². The monoisotopic (exact) mass is 328 g/mol. The number of carbonyl (C=O) groups excluding carboxylic acids is 1. The van der Waals surface area contributed by atoms with Crippen LogP contribution < -0.4 is 0 Å². The molecule has 1 atom stereocenters. The van der Waals surface area contributed by atoms with E-state index in [0.29, 0.717) is 6.42 Å². The van der Waals surface area contributed by atoms with Crippen molar-refractivity contribution >= 4 is 5.97 Å². The van der Waals surface area contributed by atoms with Gasteiger partial charge in [0, 0.05) is 6.42 Å². The first-order valence-corrected chi connectivity index (χ1v) is 9.95. The SMILES string of the molecule is CCCCCCCCCCCCC(O)CCCCCC(=O)OC. The summed E-state index contributed by atoms with van der Waals surface area (Å²) in [7, 11) is 1.43. The van der Waals surface area contributed by atoms with Crippen LogP contribution in [0.25, 0.3) is 0 Å². The molecule has 138 valence electrons. The third kappa shape index (κ3) is 17.6. The molecule has 0 aliphatic heterocycles. The van der Waals surface area contributed by atoms with E-state index >= 15 is 0 Å². The van der Waals surface area contributed by atoms with Gasteiger partial charge in [0.05, 0.1) is 13.2 Å². The molecule has 0 aliphatic carbocycles. The minimum Gasteiger partial charge on any atom is -0.469 e. The molecule has 0 fully saturated rings. The summed E-state index contributed by atoms with van der Waals surface area (Å²) in [5, 5.41) is 9.94. The second-order valence-corrected chi connectivity index (χ2v) is 6.80. The number of hydrogen-bond donors (Lipinski definition) is 1. The molecule has 0 amide bonds. The van der Waals surface area contributed by atoms with E-state index in [4.69, 9.17) is 0 Å². The highest BCUT2D eigenvalue weighted by Gasteiger charge is 2.05. The van der Waals surface area contributed by atoms with Crippen LogP contribution in [0.1, 0.15) is 110 Å². The Bertz CT molecular complexity index is 253. The summed E-state index contributed by atoms with van der Waals surface area (Å²) in [4.78, 5) is 11.0. The fourth-order valence-electron chi connectivity index (χ4n) is 2.94. The molecule has 0 aromatic rings. The molecule has 0 spiro atoms. The van der Waals surface area contributed by atoms with Gasteiger partial charge >= 0.3 is 5.97 Å². The third-order valence-corrected chi connectivity index (χ3v) is 4.54. The maximum absolute atomic E-state index is 11.0. The zero-order valence-corrected chi connectivity index (χ0v) is 15.7. The highest BCUT2D eigenvalue weighted by molar-refractivity contribution is 5.68. The fourth-order valence-corrected chi connectivity index (χ4v) is 2.94. The first-order chi connectivity index (χ1) is 11.2. The zero-order valence-electron chi connectivity index (χ0n) is 15.7. The Morgan fingerprint density at radius 3 is 1.70 bits per heavy atom. The van der Waals surface area contributed by atoms with Gasteiger partial charge < -0.3 is 9.84 Å². The van der Waals surface area contributed by atoms with Gasteiger partial charge in [0.25, 0.3) is 0 Å². The molecule has 1 N–H and O–H groups in total. The number of unbranched alkanes of at least 4 members (excludes halogenated alkanes) is 11. The second kappa shape index (κ2) is 17.8. The van der Waals surface area contributed by atoms with Crippen molar-refractivity contribution in [3.8, 4) is 0 Å². The highest BCUT2D eigenvalue weighted by Crippen LogP contribution is 2.14. The van der Waals surface area contributed by atoms with E-state index in [1.807, 2.05) is 0 Å².